The number of rotatable bonds is 11. The fourth-order valence-electron chi connectivity index (χ4n) is 1.59. The monoisotopic (exact) mass is 265 g/mol. The first-order valence-electron chi connectivity index (χ1n) is 6.55. The van der Waals surface area contributed by atoms with Gasteiger partial charge in [-0.3, -0.25) is 0 Å². The van der Waals surface area contributed by atoms with Crippen molar-refractivity contribution in [1.82, 2.24) is 4.72 Å². The quantitative estimate of drug-likeness (QED) is 0.583. The molecule has 0 unspecified atom stereocenters. The summed E-state index contributed by atoms with van der Waals surface area (Å²) in [7, 11) is -3.06. The molecule has 17 heavy (non-hydrogen) atoms. The van der Waals surface area contributed by atoms with Crippen molar-refractivity contribution in [3.63, 3.8) is 0 Å². The van der Waals surface area contributed by atoms with E-state index in [1.54, 1.807) is 0 Å². The molecule has 0 bridgehead atoms. The highest BCUT2D eigenvalue weighted by atomic mass is 32.2. The van der Waals surface area contributed by atoms with Gasteiger partial charge in [0.2, 0.25) is 10.0 Å². The van der Waals surface area contributed by atoms with Gasteiger partial charge in [-0.05, 0) is 33.6 Å². The number of hydrogen-bond donors (Lipinski definition) is 1. The highest BCUT2D eigenvalue weighted by Gasteiger charge is 2.10. The molecule has 0 amide bonds. The first kappa shape index (κ1) is 16.9. The third-order valence-electron chi connectivity index (χ3n) is 2.32. The summed E-state index contributed by atoms with van der Waals surface area (Å²) in [5.74, 6) is 0.247. The zero-order valence-corrected chi connectivity index (χ0v) is 12.2. The Balaban J connectivity index is 3.39. The maximum absolute atomic E-state index is 11.5. The molecule has 0 aliphatic carbocycles. The Morgan fingerprint density at radius 3 is 2.24 bits per heavy atom. The van der Waals surface area contributed by atoms with Crippen LogP contribution in [0.15, 0.2) is 0 Å². The second kappa shape index (κ2) is 9.85. The van der Waals surface area contributed by atoms with E-state index in [1.807, 2.05) is 20.8 Å². The molecule has 0 aliphatic heterocycles. The largest absolute Gasteiger partial charge is 0.382 e. The lowest BCUT2D eigenvalue weighted by atomic mass is 10.2. The summed E-state index contributed by atoms with van der Waals surface area (Å²) in [5, 5.41) is 0. The topological polar surface area (TPSA) is 55.4 Å². The molecule has 0 radical (unpaired) electrons. The van der Waals surface area contributed by atoms with E-state index in [1.165, 1.54) is 0 Å². The molecule has 0 saturated carbocycles. The van der Waals surface area contributed by atoms with E-state index < -0.39 is 10.0 Å². The van der Waals surface area contributed by atoms with E-state index in [4.69, 9.17) is 4.74 Å². The predicted octanol–water partition coefficient (Wildman–Crippen LogP) is 2.30. The van der Waals surface area contributed by atoms with Gasteiger partial charge in [-0.15, -0.1) is 0 Å². The van der Waals surface area contributed by atoms with Gasteiger partial charge in [0.15, 0.2) is 0 Å². The maximum atomic E-state index is 11.5. The van der Waals surface area contributed by atoms with Gasteiger partial charge < -0.3 is 4.74 Å². The molecule has 0 aromatic heterocycles. The normalized spacial score (nSPS) is 12.2. The molecule has 104 valence electrons. The minimum absolute atomic E-state index is 0.00815. The summed E-state index contributed by atoms with van der Waals surface area (Å²) in [6.07, 6.45) is 5.01. The Kier molecular flexibility index (Phi) is 9.78. The molecule has 0 rings (SSSR count). The van der Waals surface area contributed by atoms with Crippen LogP contribution in [0, 0.1) is 0 Å². The molecule has 0 saturated heterocycles. The van der Waals surface area contributed by atoms with Crippen LogP contribution in [-0.4, -0.2) is 33.4 Å². The van der Waals surface area contributed by atoms with E-state index in [9.17, 15) is 8.42 Å². The van der Waals surface area contributed by atoms with Crippen LogP contribution < -0.4 is 4.72 Å². The number of sulfonamides is 1. The number of ether oxygens (including phenoxy) is 1. The van der Waals surface area contributed by atoms with Crippen LogP contribution >= 0.6 is 0 Å². The van der Waals surface area contributed by atoms with Crippen LogP contribution in [0.3, 0.4) is 0 Å². The fraction of sp³-hybridized carbons (Fsp3) is 1.00. The van der Waals surface area contributed by atoms with Crippen LogP contribution in [0.1, 0.15) is 52.9 Å². The van der Waals surface area contributed by atoms with Crippen LogP contribution in [0.2, 0.25) is 0 Å². The zero-order valence-electron chi connectivity index (χ0n) is 11.4. The molecule has 0 aromatic rings. The van der Waals surface area contributed by atoms with Gasteiger partial charge in [0.25, 0.3) is 0 Å². The highest BCUT2D eigenvalue weighted by molar-refractivity contribution is 7.89. The van der Waals surface area contributed by atoms with Crippen molar-refractivity contribution in [3.05, 3.63) is 0 Å². The molecule has 0 fully saturated rings. The second-order valence-corrected chi connectivity index (χ2v) is 6.43. The molecular formula is C12H27NO3S. The van der Waals surface area contributed by atoms with Gasteiger partial charge in [0.05, 0.1) is 5.75 Å². The molecule has 5 heteroatoms. The molecule has 0 spiro atoms. The average molecular weight is 265 g/mol. The smallest absolute Gasteiger partial charge is 0.211 e. The van der Waals surface area contributed by atoms with Crippen LogP contribution in [0.4, 0.5) is 0 Å². The van der Waals surface area contributed by atoms with Crippen LogP contribution in [0.5, 0.6) is 0 Å². The van der Waals surface area contributed by atoms with Crippen molar-refractivity contribution in [2.45, 2.75) is 58.9 Å². The van der Waals surface area contributed by atoms with E-state index >= 15 is 0 Å². The molecule has 0 aliphatic rings. The Morgan fingerprint density at radius 2 is 1.65 bits per heavy atom. The molecule has 4 nitrogen and oxygen atoms in total. The average Bonchev–Trinajstić information content (AvgIpc) is 2.20. The lowest BCUT2D eigenvalue weighted by Gasteiger charge is -2.09. The lowest BCUT2D eigenvalue weighted by molar-refractivity contribution is 0.143. The Morgan fingerprint density at radius 1 is 1.06 bits per heavy atom. The van der Waals surface area contributed by atoms with Gasteiger partial charge in [0, 0.05) is 19.3 Å². The van der Waals surface area contributed by atoms with E-state index in [2.05, 4.69) is 4.72 Å². The van der Waals surface area contributed by atoms with Crippen LogP contribution in [0.25, 0.3) is 0 Å². The minimum atomic E-state index is -3.06. The van der Waals surface area contributed by atoms with Gasteiger partial charge >= 0.3 is 0 Å². The summed E-state index contributed by atoms with van der Waals surface area (Å²) < 4.78 is 30.8. The molecule has 1 N–H and O–H groups in total. The van der Waals surface area contributed by atoms with Gasteiger partial charge in [-0.25, -0.2) is 13.1 Å². The summed E-state index contributed by atoms with van der Waals surface area (Å²) >= 11 is 0. The number of hydrogen-bond acceptors (Lipinski definition) is 3. The summed E-state index contributed by atoms with van der Waals surface area (Å²) in [5.41, 5.74) is 0. The summed E-state index contributed by atoms with van der Waals surface area (Å²) in [6, 6.07) is -0.00815. The van der Waals surface area contributed by atoms with Crippen LogP contribution in [-0.2, 0) is 14.8 Å². The molecule has 0 aromatic carbocycles. The Hall–Kier alpha value is -0.130. The first-order valence-corrected chi connectivity index (χ1v) is 8.21. The Bertz CT molecular complexity index is 263. The van der Waals surface area contributed by atoms with Gasteiger partial charge in [0.1, 0.15) is 0 Å². The van der Waals surface area contributed by atoms with E-state index in [0.29, 0.717) is 0 Å². The Labute approximate surface area is 106 Å². The minimum Gasteiger partial charge on any atom is -0.382 e. The number of unbranched alkanes of at least 4 members (excludes halogenated alkanes) is 4. The second-order valence-electron chi connectivity index (χ2n) is 4.56. The first-order chi connectivity index (χ1) is 7.98. The number of nitrogens with one attached hydrogen (secondary N) is 1. The van der Waals surface area contributed by atoms with Gasteiger partial charge in [-0.2, -0.15) is 0 Å². The highest BCUT2D eigenvalue weighted by Crippen LogP contribution is 2.05. The van der Waals surface area contributed by atoms with Crippen molar-refractivity contribution < 1.29 is 13.2 Å². The SMILES string of the molecule is CCOCCCCCCCS(=O)(=O)NC(C)C. The zero-order chi connectivity index (χ0) is 13.1. The van der Waals surface area contributed by atoms with E-state index in [-0.39, 0.29) is 11.8 Å². The maximum Gasteiger partial charge on any atom is 0.211 e. The summed E-state index contributed by atoms with van der Waals surface area (Å²) in [4.78, 5) is 0. The third kappa shape index (κ3) is 12.1. The van der Waals surface area contributed by atoms with E-state index in [0.717, 1.165) is 45.3 Å². The lowest BCUT2D eigenvalue weighted by Crippen LogP contribution is -2.32. The van der Waals surface area contributed by atoms with Gasteiger partial charge in [-0.1, -0.05) is 19.3 Å². The standard InChI is InChI=1S/C12H27NO3S/c1-4-16-10-8-6-5-7-9-11-17(14,15)13-12(2)3/h12-13H,4-11H2,1-3H3. The molecular weight excluding hydrogens is 238 g/mol. The molecule has 0 heterocycles. The third-order valence-corrected chi connectivity index (χ3v) is 3.98. The van der Waals surface area contributed by atoms with Crippen molar-refractivity contribution in [1.29, 1.82) is 0 Å². The predicted molar refractivity (Wildman–Crippen MR) is 71.6 cm³/mol. The van der Waals surface area contributed by atoms with Crippen molar-refractivity contribution in [2.24, 2.45) is 0 Å². The molecule has 0 atom stereocenters. The van der Waals surface area contributed by atoms with Crippen molar-refractivity contribution in [2.75, 3.05) is 19.0 Å². The fourth-order valence-corrected chi connectivity index (χ4v) is 3.01. The summed E-state index contributed by atoms with van der Waals surface area (Å²) in [6.45, 7) is 7.27. The van der Waals surface area contributed by atoms with Crippen molar-refractivity contribution in [3.8, 4) is 0 Å². The van der Waals surface area contributed by atoms with Crippen molar-refractivity contribution >= 4 is 10.0 Å².